The molecule has 0 unspecified atom stereocenters. The zero-order valence-electron chi connectivity index (χ0n) is 22.9. The van der Waals surface area contributed by atoms with Crippen molar-refractivity contribution in [1.82, 2.24) is 9.29 Å². The summed E-state index contributed by atoms with van der Waals surface area (Å²) in [5.74, 6) is -0.401. The number of hydrogen-bond acceptors (Lipinski definition) is 6. The highest BCUT2D eigenvalue weighted by molar-refractivity contribution is 9.10. The van der Waals surface area contributed by atoms with E-state index < -0.39 is 15.9 Å². The highest BCUT2D eigenvalue weighted by Crippen LogP contribution is 2.31. The van der Waals surface area contributed by atoms with Crippen LogP contribution in [0.3, 0.4) is 0 Å². The topological polar surface area (TPSA) is 82.9 Å². The Morgan fingerprint density at radius 2 is 1.62 bits per heavy atom. The Labute approximate surface area is 248 Å². The first kappa shape index (κ1) is 30.0. The van der Waals surface area contributed by atoms with E-state index in [9.17, 15) is 13.2 Å². The number of amides is 1. The predicted octanol–water partition coefficient (Wildman–Crippen LogP) is 7.64. The van der Waals surface area contributed by atoms with Gasteiger partial charge in [-0.05, 0) is 79.4 Å². The molecule has 210 valence electrons. The second-order valence-electron chi connectivity index (χ2n) is 9.52. The number of carbonyl (C=O) groups is 1. The third kappa shape index (κ3) is 7.23. The van der Waals surface area contributed by atoms with Crippen molar-refractivity contribution in [2.24, 2.45) is 5.10 Å². The SMILES string of the molecule is CCCCN(CCCC)S(=O)(=O)c1ccc(C(=O)N(/N=C/c2ccc(Br)cc2)c2nc3ccc(C)cc3s2)cc1. The maximum atomic E-state index is 13.8. The Morgan fingerprint density at radius 1 is 0.975 bits per heavy atom. The van der Waals surface area contributed by atoms with Crippen molar-refractivity contribution in [3.63, 3.8) is 0 Å². The second kappa shape index (κ2) is 13.6. The fraction of sp³-hybridized carbons (Fsp3) is 0.300. The van der Waals surface area contributed by atoms with Gasteiger partial charge in [0.05, 0.1) is 21.3 Å². The van der Waals surface area contributed by atoms with Crippen molar-refractivity contribution in [2.75, 3.05) is 18.1 Å². The molecular weight excluding hydrogens is 608 g/mol. The van der Waals surface area contributed by atoms with Crippen LogP contribution in [-0.4, -0.2) is 42.9 Å². The molecule has 1 amide bonds. The van der Waals surface area contributed by atoms with Crippen LogP contribution in [-0.2, 0) is 10.0 Å². The number of nitrogens with zero attached hydrogens (tertiary/aromatic N) is 4. The molecular formula is C30H33BrN4O3S2. The lowest BCUT2D eigenvalue weighted by Crippen LogP contribution is -2.33. The van der Waals surface area contributed by atoms with Crippen molar-refractivity contribution in [1.29, 1.82) is 0 Å². The molecule has 0 fully saturated rings. The number of sulfonamides is 1. The van der Waals surface area contributed by atoms with E-state index in [-0.39, 0.29) is 4.90 Å². The van der Waals surface area contributed by atoms with Gasteiger partial charge in [-0.25, -0.2) is 13.4 Å². The van der Waals surface area contributed by atoms with Gasteiger partial charge in [0.25, 0.3) is 5.91 Å². The molecule has 1 heterocycles. The molecule has 0 aliphatic heterocycles. The first-order valence-electron chi connectivity index (χ1n) is 13.3. The summed E-state index contributed by atoms with van der Waals surface area (Å²) >= 11 is 4.81. The van der Waals surface area contributed by atoms with Crippen LogP contribution in [0.1, 0.15) is 61.0 Å². The zero-order chi connectivity index (χ0) is 28.7. The fourth-order valence-electron chi connectivity index (χ4n) is 4.03. The van der Waals surface area contributed by atoms with E-state index in [1.54, 1.807) is 22.7 Å². The number of carbonyl (C=O) groups excluding carboxylic acids is 1. The smallest absolute Gasteiger partial charge is 0.267 e. The molecule has 0 radical (unpaired) electrons. The number of halogens is 1. The van der Waals surface area contributed by atoms with Crippen LogP contribution >= 0.6 is 27.3 Å². The van der Waals surface area contributed by atoms with Gasteiger partial charge in [0.15, 0.2) is 0 Å². The van der Waals surface area contributed by atoms with E-state index in [0.29, 0.717) is 23.8 Å². The van der Waals surface area contributed by atoms with Gasteiger partial charge in [-0.1, -0.05) is 72.2 Å². The average molecular weight is 642 g/mol. The molecule has 3 aromatic carbocycles. The lowest BCUT2D eigenvalue weighted by Gasteiger charge is -2.22. The molecule has 0 saturated carbocycles. The lowest BCUT2D eigenvalue weighted by atomic mass is 10.2. The quantitative estimate of drug-likeness (QED) is 0.118. The largest absolute Gasteiger partial charge is 0.280 e. The molecule has 0 spiro atoms. The van der Waals surface area contributed by atoms with E-state index in [1.165, 1.54) is 28.5 Å². The van der Waals surface area contributed by atoms with Gasteiger partial charge < -0.3 is 0 Å². The maximum Gasteiger partial charge on any atom is 0.280 e. The molecule has 0 atom stereocenters. The normalized spacial score (nSPS) is 12.0. The van der Waals surface area contributed by atoms with Crippen LogP contribution in [0, 0.1) is 6.92 Å². The van der Waals surface area contributed by atoms with E-state index in [4.69, 9.17) is 0 Å². The molecule has 0 N–H and O–H groups in total. The summed E-state index contributed by atoms with van der Waals surface area (Å²) in [5, 5.41) is 6.23. The Kier molecular flexibility index (Phi) is 10.2. The van der Waals surface area contributed by atoms with Crippen molar-refractivity contribution in [3.8, 4) is 0 Å². The zero-order valence-corrected chi connectivity index (χ0v) is 26.1. The van der Waals surface area contributed by atoms with Crippen LogP contribution in [0.4, 0.5) is 5.13 Å². The van der Waals surface area contributed by atoms with Gasteiger partial charge in [-0.2, -0.15) is 14.4 Å². The standard InChI is InChI=1S/C30H33BrN4O3S2/c1-4-6-18-34(19-7-5-2)40(37,38)26-15-11-24(12-16-26)29(36)35(32-21-23-9-13-25(31)14-10-23)30-33-27-17-8-22(3)20-28(27)39-30/h8-17,20-21H,4-7,18-19H2,1-3H3/b32-21+. The number of thiazole rings is 1. The fourth-order valence-corrected chi connectivity index (χ4v) is 6.84. The van der Waals surface area contributed by atoms with Gasteiger partial charge in [-0.3, -0.25) is 4.79 Å². The number of anilines is 1. The first-order chi connectivity index (χ1) is 19.2. The van der Waals surface area contributed by atoms with Gasteiger partial charge in [0.1, 0.15) is 0 Å². The molecule has 4 aromatic rings. The van der Waals surface area contributed by atoms with E-state index in [1.807, 2.05) is 63.2 Å². The number of hydrogen-bond donors (Lipinski definition) is 0. The van der Waals surface area contributed by atoms with E-state index >= 15 is 0 Å². The molecule has 10 heteroatoms. The lowest BCUT2D eigenvalue weighted by molar-refractivity contribution is 0.0987. The molecule has 0 saturated heterocycles. The van der Waals surface area contributed by atoms with Crippen LogP contribution in [0.5, 0.6) is 0 Å². The second-order valence-corrected chi connectivity index (χ2v) is 13.4. The summed E-state index contributed by atoms with van der Waals surface area (Å²) < 4.78 is 30.2. The number of fused-ring (bicyclic) bond motifs is 1. The molecule has 4 rings (SSSR count). The number of aryl methyl sites for hydroxylation is 1. The third-order valence-electron chi connectivity index (χ3n) is 6.36. The van der Waals surface area contributed by atoms with Crippen LogP contribution in [0.2, 0.25) is 0 Å². The monoisotopic (exact) mass is 640 g/mol. The molecule has 40 heavy (non-hydrogen) atoms. The van der Waals surface area contributed by atoms with E-state index in [0.717, 1.165) is 51.5 Å². The summed E-state index contributed by atoms with van der Waals surface area (Å²) in [6.45, 7) is 7.06. The maximum absolute atomic E-state index is 13.8. The minimum Gasteiger partial charge on any atom is -0.267 e. The highest BCUT2D eigenvalue weighted by Gasteiger charge is 2.25. The number of unbranched alkanes of at least 4 members (excludes halogenated alkanes) is 2. The third-order valence-corrected chi connectivity index (χ3v) is 9.79. The minimum atomic E-state index is -3.67. The van der Waals surface area contributed by atoms with Gasteiger partial charge in [-0.15, -0.1) is 0 Å². The number of hydrazone groups is 1. The van der Waals surface area contributed by atoms with Gasteiger partial charge >= 0.3 is 0 Å². The van der Waals surface area contributed by atoms with Crippen molar-refractivity contribution < 1.29 is 13.2 Å². The van der Waals surface area contributed by atoms with Gasteiger partial charge in [0, 0.05) is 23.1 Å². The Balaban J connectivity index is 1.66. The summed E-state index contributed by atoms with van der Waals surface area (Å²) in [4.78, 5) is 18.6. The Morgan fingerprint density at radius 3 is 2.25 bits per heavy atom. The summed E-state index contributed by atoms with van der Waals surface area (Å²) in [7, 11) is -3.67. The number of benzene rings is 3. The average Bonchev–Trinajstić information content (AvgIpc) is 3.36. The first-order valence-corrected chi connectivity index (χ1v) is 16.4. The molecule has 0 aliphatic rings. The summed E-state index contributed by atoms with van der Waals surface area (Å²) in [5.41, 5.74) is 3.01. The predicted molar refractivity (Wildman–Crippen MR) is 168 cm³/mol. The van der Waals surface area contributed by atoms with Crippen LogP contribution in [0.25, 0.3) is 10.2 Å². The molecule has 0 bridgehead atoms. The van der Waals surface area contributed by atoms with E-state index in [2.05, 4.69) is 26.0 Å². The van der Waals surface area contributed by atoms with Gasteiger partial charge in [0.2, 0.25) is 15.2 Å². The van der Waals surface area contributed by atoms with Crippen LogP contribution in [0.15, 0.2) is 81.2 Å². The number of rotatable bonds is 12. The Bertz CT molecular complexity index is 1580. The highest BCUT2D eigenvalue weighted by atomic mass is 79.9. The molecule has 0 aliphatic carbocycles. The molecule has 1 aromatic heterocycles. The van der Waals surface area contributed by atoms with Crippen molar-refractivity contribution in [2.45, 2.75) is 51.3 Å². The minimum absolute atomic E-state index is 0.177. The summed E-state index contributed by atoms with van der Waals surface area (Å²) in [6, 6.07) is 19.6. The van der Waals surface area contributed by atoms with Crippen molar-refractivity contribution >= 4 is 64.8 Å². The molecule has 7 nitrogen and oxygen atoms in total. The Hall–Kier alpha value is -2.92. The van der Waals surface area contributed by atoms with Crippen LogP contribution < -0.4 is 5.01 Å². The summed E-state index contributed by atoms with van der Waals surface area (Å²) in [6.07, 6.45) is 5.03. The van der Waals surface area contributed by atoms with Crippen molar-refractivity contribution in [3.05, 3.63) is 87.9 Å². The number of aromatic nitrogens is 1.